The molecule has 0 saturated carbocycles. The highest BCUT2D eigenvalue weighted by atomic mass is 79.9. The van der Waals surface area contributed by atoms with Gasteiger partial charge in [-0.25, -0.2) is 13.4 Å². The smallest absolute Gasteiger partial charge is 0.305 e. The van der Waals surface area contributed by atoms with Crippen LogP contribution in [0.1, 0.15) is 12.8 Å². The molecule has 18 heavy (non-hydrogen) atoms. The van der Waals surface area contributed by atoms with Gasteiger partial charge in [-0.15, -0.1) is 0 Å². The first-order valence-corrected chi connectivity index (χ1v) is 7.57. The lowest BCUT2D eigenvalue weighted by Gasteiger charge is -2.06. The molecule has 0 aliphatic heterocycles. The molecule has 0 aliphatic rings. The standard InChI is InChI=1S/C10H13BrN2O4S/c1-17-10(14)6-3-7-18(15,16)13-9-5-2-4-8(11)12-9/h2,4-5H,3,6-7H2,1H3,(H,12,13). The molecule has 0 aliphatic carbocycles. The summed E-state index contributed by atoms with van der Waals surface area (Å²) in [4.78, 5) is 14.8. The van der Waals surface area contributed by atoms with Gasteiger partial charge in [-0.2, -0.15) is 0 Å². The van der Waals surface area contributed by atoms with Crippen LogP contribution in [-0.2, 0) is 19.6 Å². The van der Waals surface area contributed by atoms with Gasteiger partial charge in [-0.3, -0.25) is 9.52 Å². The molecule has 0 saturated heterocycles. The first kappa shape index (κ1) is 14.9. The summed E-state index contributed by atoms with van der Waals surface area (Å²) in [6, 6.07) is 4.90. The quantitative estimate of drug-likeness (QED) is 0.629. The number of nitrogens with zero attached hydrogens (tertiary/aromatic N) is 1. The average Bonchev–Trinajstić information content (AvgIpc) is 2.27. The average molecular weight is 337 g/mol. The number of esters is 1. The lowest BCUT2D eigenvalue weighted by atomic mass is 10.3. The van der Waals surface area contributed by atoms with Crippen molar-refractivity contribution in [3.63, 3.8) is 0 Å². The van der Waals surface area contributed by atoms with Crippen molar-refractivity contribution in [2.45, 2.75) is 12.8 Å². The highest BCUT2D eigenvalue weighted by Crippen LogP contribution is 2.12. The SMILES string of the molecule is COC(=O)CCCS(=O)(=O)Nc1cccc(Br)n1. The number of pyridine rings is 1. The summed E-state index contributed by atoms with van der Waals surface area (Å²) in [5, 5.41) is 0. The zero-order valence-corrected chi connectivity index (χ0v) is 12.1. The van der Waals surface area contributed by atoms with Crippen LogP contribution in [0.15, 0.2) is 22.8 Å². The number of nitrogens with one attached hydrogen (secondary N) is 1. The number of sulfonamides is 1. The highest BCUT2D eigenvalue weighted by molar-refractivity contribution is 9.10. The predicted octanol–water partition coefficient (Wildman–Crippen LogP) is 1.54. The number of rotatable bonds is 6. The molecule has 0 spiro atoms. The van der Waals surface area contributed by atoms with Gasteiger partial charge in [0.25, 0.3) is 0 Å². The Hall–Kier alpha value is -1.15. The highest BCUT2D eigenvalue weighted by Gasteiger charge is 2.12. The van der Waals surface area contributed by atoms with E-state index in [9.17, 15) is 13.2 Å². The normalized spacial score (nSPS) is 11.0. The molecule has 1 heterocycles. The Balaban J connectivity index is 2.52. The van der Waals surface area contributed by atoms with E-state index in [0.29, 0.717) is 4.60 Å². The second-order valence-electron chi connectivity index (χ2n) is 3.45. The second-order valence-corrected chi connectivity index (χ2v) is 6.10. The number of carbonyl (C=O) groups is 1. The predicted molar refractivity (Wildman–Crippen MR) is 70.6 cm³/mol. The summed E-state index contributed by atoms with van der Waals surface area (Å²) < 4.78 is 30.6. The van der Waals surface area contributed by atoms with Crippen LogP contribution >= 0.6 is 15.9 Å². The Labute approximate surface area is 114 Å². The van der Waals surface area contributed by atoms with Gasteiger partial charge in [0.1, 0.15) is 10.4 Å². The van der Waals surface area contributed by atoms with Gasteiger partial charge in [0.2, 0.25) is 10.0 Å². The number of hydrogen-bond donors (Lipinski definition) is 1. The van der Waals surface area contributed by atoms with Crippen molar-refractivity contribution in [2.24, 2.45) is 0 Å². The molecular weight excluding hydrogens is 324 g/mol. The number of ether oxygens (including phenoxy) is 1. The summed E-state index contributed by atoms with van der Waals surface area (Å²) in [6.07, 6.45) is 0.277. The Bertz CT molecular complexity index is 518. The maximum absolute atomic E-state index is 11.7. The zero-order valence-electron chi connectivity index (χ0n) is 9.72. The minimum Gasteiger partial charge on any atom is -0.469 e. The van der Waals surface area contributed by atoms with Crippen molar-refractivity contribution in [3.05, 3.63) is 22.8 Å². The largest absolute Gasteiger partial charge is 0.469 e. The van der Waals surface area contributed by atoms with Gasteiger partial charge in [0, 0.05) is 6.42 Å². The molecule has 0 amide bonds. The Morgan fingerprint density at radius 1 is 1.50 bits per heavy atom. The molecule has 0 atom stereocenters. The van der Waals surface area contributed by atoms with E-state index in [-0.39, 0.29) is 24.4 Å². The van der Waals surface area contributed by atoms with E-state index in [0.717, 1.165) is 0 Å². The van der Waals surface area contributed by atoms with Crippen LogP contribution in [0, 0.1) is 0 Å². The minimum absolute atomic E-state index is 0.0727. The number of carbonyl (C=O) groups excluding carboxylic acids is 1. The van der Waals surface area contributed by atoms with Gasteiger partial charge in [-0.1, -0.05) is 6.07 Å². The zero-order chi connectivity index (χ0) is 13.6. The third kappa shape index (κ3) is 5.46. The minimum atomic E-state index is -3.50. The van der Waals surface area contributed by atoms with Crippen molar-refractivity contribution in [3.8, 4) is 0 Å². The molecule has 1 aromatic rings. The van der Waals surface area contributed by atoms with Gasteiger partial charge in [0.15, 0.2) is 0 Å². The van der Waals surface area contributed by atoms with Gasteiger partial charge in [-0.05, 0) is 34.5 Å². The number of halogens is 1. The van der Waals surface area contributed by atoms with Crippen molar-refractivity contribution in [1.29, 1.82) is 0 Å². The molecule has 100 valence electrons. The van der Waals surface area contributed by atoms with E-state index in [1.165, 1.54) is 7.11 Å². The lowest BCUT2D eigenvalue weighted by Crippen LogP contribution is -2.18. The fraction of sp³-hybridized carbons (Fsp3) is 0.400. The maximum Gasteiger partial charge on any atom is 0.305 e. The van der Waals surface area contributed by atoms with E-state index in [1.807, 2.05) is 0 Å². The number of anilines is 1. The molecule has 1 aromatic heterocycles. The van der Waals surface area contributed by atoms with E-state index < -0.39 is 16.0 Å². The molecule has 0 unspecified atom stereocenters. The summed E-state index contributed by atoms with van der Waals surface area (Å²) in [6.45, 7) is 0. The molecule has 0 radical (unpaired) electrons. The van der Waals surface area contributed by atoms with Crippen LogP contribution in [0.4, 0.5) is 5.82 Å². The van der Waals surface area contributed by atoms with Gasteiger partial charge >= 0.3 is 5.97 Å². The number of aromatic nitrogens is 1. The van der Waals surface area contributed by atoms with Crippen molar-refractivity contribution in [2.75, 3.05) is 17.6 Å². The van der Waals surface area contributed by atoms with Crippen LogP contribution in [0.2, 0.25) is 0 Å². The topological polar surface area (TPSA) is 85.4 Å². The summed E-state index contributed by atoms with van der Waals surface area (Å²) in [5.74, 6) is -0.343. The fourth-order valence-electron chi connectivity index (χ4n) is 1.18. The van der Waals surface area contributed by atoms with Crippen LogP contribution in [-0.4, -0.2) is 32.2 Å². The van der Waals surface area contributed by atoms with E-state index in [1.54, 1.807) is 18.2 Å². The summed E-state index contributed by atoms with van der Waals surface area (Å²) in [7, 11) is -2.23. The fourth-order valence-corrected chi connectivity index (χ4v) is 2.59. The van der Waals surface area contributed by atoms with E-state index in [4.69, 9.17) is 0 Å². The van der Waals surface area contributed by atoms with Gasteiger partial charge < -0.3 is 4.74 Å². The van der Waals surface area contributed by atoms with Crippen LogP contribution in [0.3, 0.4) is 0 Å². The first-order valence-electron chi connectivity index (χ1n) is 5.13. The molecule has 0 aromatic carbocycles. The third-order valence-corrected chi connectivity index (χ3v) is 3.78. The van der Waals surface area contributed by atoms with Crippen molar-refractivity contribution < 1.29 is 17.9 Å². The van der Waals surface area contributed by atoms with Crippen molar-refractivity contribution in [1.82, 2.24) is 4.98 Å². The molecular formula is C10H13BrN2O4S. The van der Waals surface area contributed by atoms with Crippen LogP contribution < -0.4 is 4.72 Å². The molecule has 1 rings (SSSR count). The Kier molecular flexibility index (Phi) is 5.54. The van der Waals surface area contributed by atoms with E-state index >= 15 is 0 Å². The number of hydrogen-bond acceptors (Lipinski definition) is 5. The van der Waals surface area contributed by atoms with Crippen LogP contribution in [0.5, 0.6) is 0 Å². The Morgan fingerprint density at radius 3 is 2.83 bits per heavy atom. The molecule has 0 bridgehead atoms. The second kappa shape index (κ2) is 6.69. The molecule has 1 N–H and O–H groups in total. The molecule has 8 heteroatoms. The first-order chi connectivity index (χ1) is 8.43. The van der Waals surface area contributed by atoms with Gasteiger partial charge in [0.05, 0.1) is 12.9 Å². The summed E-state index contributed by atoms with van der Waals surface area (Å²) in [5.41, 5.74) is 0. The van der Waals surface area contributed by atoms with Crippen LogP contribution in [0.25, 0.3) is 0 Å². The molecule has 6 nitrogen and oxygen atoms in total. The van der Waals surface area contributed by atoms with Crippen molar-refractivity contribution >= 4 is 37.7 Å². The number of methoxy groups -OCH3 is 1. The monoisotopic (exact) mass is 336 g/mol. The maximum atomic E-state index is 11.7. The Morgan fingerprint density at radius 2 is 2.22 bits per heavy atom. The summed E-state index contributed by atoms with van der Waals surface area (Å²) >= 11 is 3.14. The third-order valence-electron chi connectivity index (χ3n) is 2.00. The lowest BCUT2D eigenvalue weighted by molar-refractivity contribution is -0.140. The molecule has 0 fully saturated rings. The van der Waals surface area contributed by atoms with E-state index in [2.05, 4.69) is 30.4 Å².